The third kappa shape index (κ3) is 3.51. The summed E-state index contributed by atoms with van der Waals surface area (Å²) in [6.45, 7) is 2.94. The van der Waals surface area contributed by atoms with Gasteiger partial charge in [-0.3, -0.25) is 14.3 Å². The van der Waals surface area contributed by atoms with Gasteiger partial charge in [-0.25, -0.2) is 9.97 Å². The van der Waals surface area contributed by atoms with Crippen LogP contribution in [0.15, 0.2) is 47.1 Å². The number of nitrogens with zero attached hydrogens (tertiary/aromatic N) is 5. The van der Waals surface area contributed by atoms with Crippen molar-refractivity contribution in [3.63, 3.8) is 0 Å². The zero-order chi connectivity index (χ0) is 22.2. The predicted molar refractivity (Wildman–Crippen MR) is 119 cm³/mol. The monoisotopic (exact) mass is 430 g/mol. The van der Waals surface area contributed by atoms with Crippen molar-refractivity contribution in [2.24, 2.45) is 0 Å². The number of piperidine rings is 1. The fourth-order valence-corrected chi connectivity index (χ4v) is 4.13. The highest BCUT2D eigenvalue weighted by Crippen LogP contribution is 2.33. The van der Waals surface area contributed by atoms with Crippen LogP contribution in [0.5, 0.6) is 0 Å². The van der Waals surface area contributed by atoms with Crippen molar-refractivity contribution in [3.8, 4) is 22.6 Å². The van der Waals surface area contributed by atoms with Crippen molar-refractivity contribution >= 4 is 29.1 Å². The number of nitrogen functional groups attached to an aromatic ring is 1. The van der Waals surface area contributed by atoms with E-state index in [2.05, 4.69) is 15.1 Å². The molecule has 3 aromatic heterocycles. The van der Waals surface area contributed by atoms with Crippen LogP contribution in [0.1, 0.15) is 36.3 Å². The predicted octanol–water partition coefficient (Wildman–Crippen LogP) is 3.33. The molecule has 0 saturated carbocycles. The molecule has 1 aliphatic heterocycles. The molecule has 0 radical (unpaired) electrons. The summed E-state index contributed by atoms with van der Waals surface area (Å²) in [5, 5.41) is 4.51. The molecule has 1 amide bonds. The third-order valence-corrected chi connectivity index (χ3v) is 5.91. The molecule has 0 bridgehead atoms. The first-order chi connectivity index (χ1) is 15.5. The molecule has 1 aromatic carbocycles. The number of pyridine rings is 1. The number of hydrogen-bond donors (Lipinski definition) is 1. The number of amides is 1. The largest absolute Gasteiger partial charge is 0.436 e. The second-order valence-electron chi connectivity index (χ2n) is 7.91. The van der Waals surface area contributed by atoms with Gasteiger partial charge in [0.05, 0.1) is 11.6 Å². The number of fused-ring (bicyclic) bond motifs is 1. The van der Waals surface area contributed by atoms with Gasteiger partial charge in [-0.05, 0) is 31.0 Å². The number of oxazole rings is 1. The lowest BCUT2D eigenvalue weighted by atomic mass is 10.0. The van der Waals surface area contributed by atoms with E-state index in [-0.39, 0.29) is 17.8 Å². The van der Waals surface area contributed by atoms with Crippen LogP contribution >= 0.6 is 0 Å². The number of rotatable bonds is 4. The summed E-state index contributed by atoms with van der Waals surface area (Å²) in [5.74, 6) is 0.740. The average Bonchev–Trinajstić information content (AvgIpc) is 3.44. The Bertz CT molecular complexity index is 1280. The van der Waals surface area contributed by atoms with E-state index in [1.807, 2.05) is 46.1 Å². The number of aldehydes is 1. The number of carbonyl (C=O) groups is 2. The van der Waals surface area contributed by atoms with Gasteiger partial charge in [0.15, 0.2) is 11.9 Å². The smallest absolute Gasteiger partial charge is 0.231 e. The second-order valence-corrected chi connectivity index (χ2v) is 7.91. The van der Waals surface area contributed by atoms with Crippen LogP contribution in [0.25, 0.3) is 33.7 Å². The minimum atomic E-state index is 0.0814. The highest BCUT2D eigenvalue weighted by molar-refractivity contribution is 5.87. The van der Waals surface area contributed by atoms with E-state index in [0.29, 0.717) is 46.9 Å². The number of aromatic nitrogens is 4. The van der Waals surface area contributed by atoms with Gasteiger partial charge < -0.3 is 15.1 Å². The van der Waals surface area contributed by atoms with Gasteiger partial charge in [0.1, 0.15) is 17.0 Å². The number of para-hydroxylation sites is 2. The Hall–Kier alpha value is -4.01. The molecule has 0 atom stereocenters. The summed E-state index contributed by atoms with van der Waals surface area (Å²) in [5.41, 5.74) is 9.75. The Labute approximate surface area is 183 Å². The summed E-state index contributed by atoms with van der Waals surface area (Å²) in [4.78, 5) is 34.0. The van der Waals surface area contributed by atoms with Crippen molar-refractivity contribution < 1.29 is 14.0 Å². The molecule has 4 aromatic rings. The Balaban J connectivity index is 1.49. The standard InChI is InChI=1S/C23H22N6O3/c1-14(31)28-8-6-16(7-9-28)29-12-18(20(13-30)27-29)15-10-17(22(24)25-11-15)23-26-19-4-2-3-5-21(19)32-23/h2-5,10-13,16H,6-9H2,1H3,(H2,24,25). The van der Waals surface area contributed by atoms with Crippen molar-refractivity contribution in [3.05, 3.63) is 48.4 Å². The van der Waals surface area contributed by atoms with Crippen LogP contribution in [-0.2, 0) is 4.79 Å². The maximum atomic E-state index is 11.8. The molecule has 2 N–H and O–H groups in total. The van der Waals surface area contributed by atoms with E-state index in [4.69, 9.17) is 10.2 Å². The van der Waals surface area contributed by atoms with E-state index in [0.717, 1.165) is 24.6 Å². The number of likely N-dealkylation sites (tertiary alicyclic amines) is 1. The molecule has 0 unspecified atom stereocenters. The molecule has 1 saturated heterocycles. The lowest BCUT2D eigenvalue weighted by molar-refractivity contribution is -0.130. The molecule has 9 nitrogen and oxygen atoms in total. The SMILES string of the molecule is CC(=O)N1CCC(n2cc(-c3cnc(N)c(-c4nc5ccccc5o4)c3)c(C=O)n2)CC1. The topological polar surface area (TPSA) is 120 Å². The molecule has 1 aliphatic rings. The molecular formula is C23H22N6O3. The van der Waals surface area contributed by atoms with Crippen LogP contribution in [0.2, 0.25) is 0 Å². The van der Waals surface area contributed by atoms with Crippen LogP contribution < -0.4 is 5.73 Å². The van der Waals surface area contributed by atoms with Crippen molar-refractivity contribution in [2.45, 2.75) is 25.8 Å². The molecule has 32 heavy (non-hydrogen) atoms. The highest BCUT2D eigenvalue weighted by Gasteiger charge is 2.24. The summed E-state index contributed by atoms with van der Waals surface area (Å²) in [6, 6.07) is 9.41. The summed E-state index contributed by atoms with van der Waals surface area (Å²) in [6.07, 6.45) is 5.79. The summed E-state index contributed by atoms with van der Waals surface area (Å²) >= 11 is 0. The minimum absolute atomic E-state index is 0.0814. The van der Waals surface area contributed by atoms with E-state index in [1.54, 1.807) is 13.1 Å². The Morgan fingerprint density at radius 1 is 1.22 bits per heavy atom. The van der Waals surface area contributed by atoms with E-state index in [9.17, 15) is 9.59 Å². The van der Waals surface area contributed by atoms with E-state index >= 15 is 0 Å². The maximum absolute atomic E-state index is 11.8. The first-order valence-corrected chi connectivity index (χ1v) is 10.4. The van der Waals surface area contributed by atoms with Crippen molar-refractivity contribution in [2.75, 3.05) is 18.8 Å². The lowest BCUT2D eigenvalue weighted by Gasteiger charge is -2.31. The Morgan fingerprint density at radius 2 is 2.00 bits per heavy atom. The van der Waals surface area contributed by atoms with Gasteiger partial charge in [0.2, 0.25) is 11.8 Å². The number of hydrogen-bond acceptors (Lipinski definition) is 7. The van der Waals surface area contributed by atoms with Gasteiger partial charge in [-0.1, -0.05) is 12.1 Å². The Kier molecular flexibility index (Phi) is 4.93. The molecule has 1 fully saturated rings. The highest BCUT2D eigenvalue weighted by atomic mass is 16.3. The summed E-state index contributed by atoms with van der Waals surface area (Å²) in [7, 11) is 0. The van der Waals surface area contributed by atoms with Crippen LogP contribution in [0.3, 0.4) is 0 Å². The fraction of sp³-hybridized carbons (Fsp3) is 0.261. The number of benzene rings is 1. The van der Waals surface area contributed by atoms with Gasteiger partial charge in [0.25, 0.3) is 0 Å². The molecule has 5 rings (SSSR count). The van der Waals surface area contributed by atoms with Crippen LogP contribution in [0, 0.1) is 0 Å². The normalized spacial score (nSPS) is 14.7. The van der Waals surface area contributed by atoms with Crippen molar-refractivity contribution in [1.29, 1.82) is 0 Å². The molecule has 0 spiro atoms. The molecule has 9 heteroatoms. The third-order valence-electron chi connectivity index (χ3n) is 5.91. The minimum Gasteiger partial charge on any atom is -0.436 e. The zero-order valence-electron chi connectivity index (χ0n) is 17.6. The molecule has 0 aliphatic carbocycles. The van der Waals surface area contributed by atoms with Gasteiger partial charge in [-0.15, -0.1) is 0 Å². The molecule has 4 heterocycles. The molecular weight excluding hydrogens is 408 g/mol. The van der Waals surface area contributed by atoms with E-state index in [1.165, 1.54) is 0 Å². The van der Waals surface area contributed by atoms with E-state index < -0.39 is 0 Å². The number of nitrogens with two attached hydrogens (primary N) is 1. The average molecular weight is 430 g/mol. The summed E-state index contributed by atoms with van der Waals surface area (Å²) < 4.78 is 7.68. The van der Waals surface area contributed by atoms with Crippen LogP contribution in [-0.4, -0.2) is 49.9 Å². The first kappa shape index (κ1) is 19.9. The Morgan fingerprint density at radius 3 is 2.72 bits per heavy atom. The lowest BCUT2D eigenvalue weighted by Crippen LogP contribution is -2.37. The maximum Gasteiger partial charge on any atom is 0.231 e. The van der Waals surface area contributed by atoms with Gasteiger partial charge in [-0.2, -0.15) is 5.10 Å². The van der Waals surface area contributed by atoms with Gasteiger partial charge >= 0.3 is 0 Å². The van der Waals surface area contributed by atoms with Gasteiger partial charge in [0, 0.05) is 43.5 Å². The zero-order valence-corrected chi connectivity index (χ0v) is 17.6. The number of anilines is 1. The quantitative estimate of drug-likeness (QED) is 0.493. The molecule has 162 valence electrons. The van der Waals surface area contributed by atoms with Crippen LogP contribution in [0.4, 0.5) is 5.82 Å². The number of carbonyl (C=O) groups excluding carboxylic acids is 2. The van der Waals surface area contributed by atoms with Crippen molar-refractivity contribution in [1.82, 2.24) is 24.6 Å². The second kappa shape index (κ2) is 7.92. The fourth-order valence-electron chi connectivity index (χ4n) is 4.13. The first-order valence-electron chi connectivity index (χ1n) is 10.4.